The summed E-state index contributed by atoms with van der Waals surface area (Å²) >= 11 is 0. The number of aromatic nitrogens is 2. The van der Waals surface area contributed by atoms with E-state index in [-0.39, 0.29) is 36.4 Å². The van der Waals surface area contributed by atoms with Crippen molar-refractivity contribution in [1.82, 2.24) is 20.2 Å². The fraction of sp³-hybridized carbons (Fsp3) is 0.556. The monoisotopic (exact) mass is 419 g/mol. The molecule has 2 heterocycles. The fourth-order valence-corrected chi connectivity index (χ4v) is 3.29. The van der Waals surface area contributed by atoms with Gasteiger partial charge in [0.15, 0.2) is 5.82 Å². The standard InChI is InChI=1S/C18H24F3N5O.ClH/c1-12(10-26-8-6-22-7-9-26)23-17-13-4-3-5-14(18(19,20)21)16(13)24-15(25-17)11-27-2;/h3-5,12,22H,6-11H2,1-2H3,(H,23,24,25);1H/t12-;/m0./s1. The lowest BCUT2D eigenvalue weighted by atomic mass is 10.1. The maximum atomic E-state index is 13.4. The molecule has 1 aromatic carbocycles. The van der Waals surface area contributed by atoms with Crippen molar-refractivity contribution in [3.8, 4) is 0 Å². The highest BCUT2D eigenvalue weighted by atomic mass is 35.5. The number of nitrogens with one attached hydrogen (secondary N) is 2. The lowest BCUT2D eigenvalue weighted by molar-refractivity contribution is -0.136. The van der Waals surface area contributed by atoms with Crippen LogP contribution >= 0.6 is 12.4 Å². The predicted molar refractivity (Wildman–Crippen MR) is 105 cm³/mol. The molecule has 2 N–H and O–H groups in total. The minimum absolute atomic E-state index is 0. The van der Waals surface area contributed by atoms with Gasteiger partial charge in [0.05, 0.1) is 11.1 Å². The molecule has 0 bridgehead atoms. The minimum Gasteiger partial charge on any atom is -0.377 e. The van der Waals surface area contributed by atoms with Gasteiger partial charge in [-0.15, -0.1) is 12.4 Å². The SMILES string of the molecule is COCc1nc(N[C@@H](C)CN2CCNCC2)c2cccc(C(F)(F)F)c2n1.Cl. The molecule has 2 aromatic rings. The first kappa shape index (κ1) is 22.6. The number of rotatable bonds is 6. The maximum absolute atomic E-state index is 13.4. The Kier molecular flexibility index (Phi) is 7.82. The minimum atomic E-state index is -4.48. The van der Waals surface area contributed by atoms with E-state index in [2.05, 4.69) is 25.5 Å². The van der Waals surface area contributed by atoms with Crippen molar-refractivity contribution in [2.75, 3.05) is 45.2 Å². The van der Waals surface area contributed by atoms with Crippen molar-refractivity contribution in [1.29, 1.82) is 0 Å². The molecular formula is C18H25ClF3N5O. The van der Waals surface area contributed by atoms with E-state index in [1.165, 1.54) is 13.2 Å². The first-order valence-corrected chi connectivity index (χ1v) is 8.94. The highest BCUT2D eigenvalue weighted by molar-refractivity contribution is 5.91. The number of hydrogen-bond acceptors (Lipinski definition) is 6. The van der Waals surface area contributed by atoms with E-state index in [0.717, 1.165) is 38.8 Å². The van der Waals surface area contributed by atoms with E-state index in [1.54, 1.807) is 6.07 Å². The second-order valence-electron chi connectivity index (χ2n) is 6.72. The second-order valence-corrected chi connectivity index (χ2v) is 6.72. The largest absolute Gasteiger partial charge is 0.418 e. The summed E-state index contributed by atoms with van der Waals surface area (Å²) in [6, 6.07) is 4.06. The summed E-state index contributed by atoms with van der Waals surface area (Å²) in [6.07, 6.45) is -4.48. The molecule has 1 atom stereocenters. The molecule has 0 amide bonds. The Morgan fingerprint density at radius 3 is 2.61 bits per heavy atom. The Balaban J connectivity index is 0.00000280. The average Bonchev–Trinajstić information content (AvgIpc) is 2.61. The number of piperazine rings is 1. The number of hydrogen-bond donors (Lipinski definition) is 2. The highest BCUT2D eigenvalue weighted by Gasteiger charge is 2.34. The molecule has 1 aromatic heterocycles. The normalized spacial score (nSPS) is 16.6. The summed E-state index contributed by atoms with van der Waals surface area (Å²) in [5.41, 5.74) is -0.874. The number of anilines is 1. The van der Waals surface area contributed by atoms with E-state index < -0.39 is 11.7 Å². The highest BCUT2D eigenvalue weighted by Crippen LogP contribution is 2.35. The third kappa shape index (κ3) is 5.44. The molecule has 1 saturated heterocycles. The molecule has 0 unspecified atom stereocenters. The number of benzene rings is 1. The molecule has 6 nitrogen and oxygen atoms in total. The Bertz CT molecular complexity index is 784. The van der Waals surface area contributed by atoms with Crippen LogP contribution in [0.3, 0.4) is 0 Å². The number of alkyl halides is 3. The molecule has 0 aliphatic carbocycles. The Morgan fingerprint density at radius 1 is 1.25 bits per heavy atom. The van der Waals surface area contributed by atoms with Crippen LogP contribution < -0.4 is 10.6 Å². The maximum Gasteiger partial charge on any atom is 0.418 e. The van der Waals surface area contributed by atoms with Crippen molar-refractivity contribution >= 4 is 29.1 Å². The van der Waals surface area contributed by atoms with Gasteiger partial charge in [0.25, 0.3) is 0 Å². The van der Waals surface area contributed by atoms with Crippen LogP contribution in [0.5, 0.6) is 0 Å². The first-order valence-electron chi connectivity index (χ1n) is 8.94. The van der Waals surface area contributed by atoms with Crippen molar-refractivity contribution in [2.45, 2.75) is 25.7 Å². The summed E-state index contributed by atoms with van der Waals surface area (Å²) in [6.45, 7) is 6.61. The molecule has 0 radical (unpaired) electrons. The molecule has 10 heteroatoms. The zero-order valence-electron chi connectivity index (χ0n) is 15.8. The van der Waals surface area contributed by atoms with Crippen LogP contribution in [0.25, 0.3) is 10.9 Å². The number of fused-ring (bicyclic) bond motifs is 1. The van der Waals surface area contributed by atoms with Crippen LogP contribution in [0.4, 0.5) is 19.0 Å². The number of methoxy groups -OCH3 is 1. The number of ether oxygens (including phenoxy) is 1. The van der Waals surface area contributed by atoms with E-state index in [0.29, 0.717) is 11.2 Å². The fourth-order valence-electron chi connectivity index (χ4n) is 3.29. The van der Waals surface area contributed by atoms with Gasteiger partial charge >= 0.3 is 6.18 Å². The third-order valence-electron chi connectivity index (χ3n) is 4.48. The molecular weight excluding hydrogens is 395 g/mol. The van der Waals surface area contributed by atoms with Gasteiger partial charge < -0.3 is 15.4 Å². The van der Waals surface area contributed by atoms with Crippen LogP contribution in [-0.4, -0.2) is 60.7 Å². The molecule has 3 rings (SSSR count). The van der Waals surface area contributed by atoms with E-state index in [9.17, 15) is 13.2 Å². The van der Waals surface area contributed by atoms with Gasteiger partial charge in [0, 0.05) is 51.3 Å². The summed E-state index contributed by atoms with van der Waals surface area (Å²) < 4.78 is 45.3. The number of para-hydroxylation sites is 1. The van der Waals surface area contributed by atoms with E-state index in [4.69, 9.17) is 4.74 Å². The van der Waals surface area contributed by atoms with Crippen LogP contribution in [0, 0.1) is 0 Å². The predicted octanol–water partition coefficient (Wildman–Crippen LogP) is 2.92. The van der Waals surface area contributed by atoms with Crippen molar-refractivity contribution in [3.63, 3.8) is 0 Å². The first-order chi connectivity index (χ1) is 12.9. The quantitative estimate of drug-likeness (QED) is 0.750. The molecule has 1 fully saturated rings. The summed E-state index contributed by atoms with van der Waals surface area (Å²) in [7, 11) is 1.46. The van der Waals surface area contributed by atoms with Gasteiger partial charge in [-0.05, 0) is 19.1 Å². The number of halogens is 4. The molecule has 1 aliphatic rings. The van der Waals surface area contributed by atoms with Gasteiger partial charge in [-0.1, -0.05) is 6.07 Å². The molecule has 0 saturated carbocycles. The number of nitrogens with zero attached hydrogens (tertiary/aromatic N) is 3. The van der Waals surface area contributed by atoms with Gasteiger partial charge in [-0.3, -0.25) is 4.90 Å². The van der Waals surface area contributed by atoms with Gasteiger partial charge in [-0.2, -0.15) is 13.2 Å². The van der Waals surface area contributed by atoms with Crippen molar-refractivity contribution in [3.05, 3.63) is 29.6 Å². The smallest absolute Gasteiger partial charge is 0.377 e. The van der Waals surface area contributed by atoms with Gasteiger partial charge in [-0.25, -0.2) is 9.97 Å². The van der Waals surface area contributed by atoms with Crippen LogP contribution in [0.15, 0.2) is 18.2 Å². The Hall–Kier alpha value is -1.68. The lowest BCUT2D eigenvalue weighted by Crippen LogP contribution is -2.47. The zero-order valence-corrected chi connectivity index (χ0v) is 16.7. The zero-order chi connectivity index (χ0) is 19.4. The lowest BCUT2D eigenvalue weighted by Gasteiger charge is -2.30. The van der Waals surface area contributed by atoms with E-state index in [1.807, 2.05) is 6.92 Å². The summed E-state index contributed by atoms with van der Waals surface area (Å²) in [5.74, 6) is 0.624. The van der Waals surface area contributed by atoms with Crippen LogP contribution in [0.2, 0.25) is 0 Å². The summed E-state index contributed by atoms with van der Waals surface area (Å²) in [5, 5.41) is 6.93. The molecule has 1 aliphatic heterocycles. The third-order valence-corrected chi connectivity index (χ3v) is 4.48. The van der Waals surface area contributed by atoms with Crippen LogP contribution in [-0.2, 0) is 17.5 Å². The molecule has 28 heavy (non-hydrogen) atoms. The Morgan fingerprint density at radius 2 is 1.96 bits per heavy atom. The van der Waals surface area contributed by atoms with E-state index >= 15 is 0 Å². The van der Waals surface area contributed by atoms with Crippen molar-refractivity contribution < 1.29 is 17.9 Å². The summed E-state index contributed by atoms with van der Waals surface area (Å²) in [4.78, 5) is 10.8. The van der Waals surface area contributed by atoms with Gasteiger partial charge in [0.1, 0.15) is 12.4 Å². The molecule has 0 spiro atoms. The van der Waals surface area contributed by atoms with Crippen LogP contribution in [0.1, 0.15) is 18.3 Å². The molecule has 156 valence electrons. The topological polar surface area (TPSA) is 62.3 Å². The average molecular weight is 420 g/mol. The van der Waals surface area contributed by atoms with Crippen molar-refractivity contribution in [2.24, 2.45) is 0 Å². The Labute approximate surface area is 168 Å². The van der Waals surface area contributed by atoms with Gasteiger partial charge in [0.2, 0.25) is 0 Å². The second kappa shape index (κ2) is 9.69.